The highest BCUT2D eigenvalue weighted by atomic mass is 32.1. The van der Waals surface area contributed by atoms with Crippen LogP contribution in [0.15, 0.2) is 29.9 Å². The Kier molecular flexibility index (Phi) is 4.04. The van der Waals surface area contributed by atoms with E-state index in [1.54, 1.807) is 20.0 Å². The average molecular weight is 291 g/mol. The Morgan fingerprint density at radius 2 is 2.25 bits per heavy atom. The number of hydrogen-bond acceptors (Lipinski definition) is 5. The van der Waals surface area contributed by atoms with Crippen LogP contribution in [0.3, 0.4) is 0 Å². The number of pyridine rings is 1. The number of hydrogen-bond donors (Lipinski definition) is 1. The molecule has 2 rings (SSSR count). The van der Waals surface area contributed by atoms with E-state index in [9.17, 15) is 9.90 Å². The Morgan fingerprint density at radius 1 is 1.50 bits per heavy atom. The number of carboxylic acid groups (broad SMARTS) is 1. The minimum absolute atomic E-state index is 0.586. The highest BCUT2D eigenvalue weighted by Gasteiger charge is 2.32. The second kappa shape index (κ2) is 5.58. The molecule has 5 nitrogen and oxygen atoms in total. The lowest BCUT2D eigenvalue weighted by atomic mass is 9.90. The molecule has 0 aliphatic carbocycles. The van der Waals surface area contributed by atoms with Gasteiger partial charge in [-0.25, -0.2) is 4.98 Å². The molecule has 0 saturated heterocycles. The number of aromatic nitrogens is 2. The van der Waals surface area contributed by atoms with Gasteiger partial charge in [-0.05, 0) is 25.5 Å². The number of anilines is 1. The lowest BCUT2D eigenvalue weighted by Gasteiger charge is -2.17. The molecule has 0 bridgehead atoms. The SMILES string of the molecule is CN(Cc1cccnc1)c1nc(C(C)(C)C(=O)O)cs1. The molecule has 0 saturated carbocycles. The van der Waals surface area contributed by atoms with Crippen LogP contribution in [-0.4, -0.2) is 28.1 Å². The van der Waals surface area contributed by atoms with Gasteiger partial charge in [0.1, 0.15) is 5.41 Å². The lowest BCUT2D eigenvalue weighted by molar-refractivity contribution is -0.142. The van der Waals surface area contributed by atoms with Crippen molar-refractivity contribution in [3.63, 3.8) is 0 Å². The van der Waals surface area contributed by atoms with Crippen molar-refractivity contribution in [2.75, 3.05) is 11.9 Å². The van der Waals surface area contributed by atoms with E-state index in [1.807, 2.05) is 35.7 Å². The zero-order valence-electron chi connectivity index (χ0n) is 11.7. The van der Waals surface area contributed by atoms with Crippen LogP contribution in [-0.2, 0) is 16.8 Å². The molecule has 0 aliphatic heterocycles. The molecule has 2 aromatic rings. The average Bonchev–Trinajstić information content (AvgIpc) is 2.90. The molecule has 20 heavy (non-hydrogen) atoms. The van der Waals surface area contributed by atoms with Gasteiger partial charge in [-0.15, -0.1) is 11.3 Å². The third-order valence-corrected chi connectivity index (χ3v) is 4.09. The summed E-state index contributed by atoms with van der Waals surface area (Å²) < 4.78 is 0. The fourth-order valence-electron chi connectivity index (χ4n) is 1.67. The number of nitrogens with zero attached hydrogens (tertiary/aromatic N) is 3. The van der Waals surface area contributed by atoms with E-state index in [0.717, 1.165) is 10.7 Å². The first-order valence-electron chi connectivity index (χ1n) is 6.20. The summed E-state index contributed by atoms with van der Waals surface area (Å²) in [7, 11) is 1.93. The highest BCUT2D eigenvalue weighted by molar-refractivity contribution is 7.13. The lowest BCUT2D eigenvalue weighted by Crippen LogP contribution is -2.29. The molecule has 0 amide bonds. The van der Waals surface area contributed by atoms with E-state index >= 15 is 0 Å². The number of carboxylic acids is 1. The van der Waals surface area contributed by atoms with E-state index in [2.05, 4.69) is 9.97 Å². The quantitative estimate of drug-likeness (QED) is 0.917. The maximum atomic E-state index is 11.2. The molecular formula is C14H17N3O2S. The normalized spacial score (nSPS) is 11.3. The summed E-state index contributed by atoms with van der Waals surface area (Å²) in [5.74, 6) is -0.871. The van der Waals surface area contributed by atoms with Gasteiger partial charge in [0.25, 0.3) is 0 Å². The van der Waals surface area contributed by atoms with Crippen LogP contribution in [0.25, 0.3) is 0 Å². The van der Waals surface area contributed by atoms with Crippen LogP contribution in [0.2, 0.25) is 0 Å². The van der Waals surface area contributed by atoms with Crippen LogP contribution in [0, 0.1) is 0 Å². The first-order valence-corrected chi connectivity index (χ1v) is 7.08. The van der Waals surface area contributed by atoms with Gasteiger partial charge in [0.05, 0.1) is 5.69 Å². The van der Waals surface area contributed by atoms with E-state index in [4.69, 9.17) is 0 Å². The summed E-state index contributed by atoms with van der Waals surface area (Å²) in [5, 5.41) is 11.8. The topological polar surface area (TPSA) is 66.3 Å². The smallest absolute Gasteiger partial charge is 0.315 e. The van der Waals surface area contributed by atoms with E-state index < -0.39 is 11.4 Å². The van der Waals surface area contributed by atoms with Gasteiger partial charge < -0.3 is 10.0 Å². The van der Waals surface area contributed by atoms with Gasteiger partial charge >= 0.3 is 5.97 Å². The second-order valence-corrected chi connectivity index (χ2v) is 6.00. The summed E-state index contributed by atoms with van der Waals surface area (Å²) in [4.78, 5) is 21.7. The Labute approximate surface area is 121 Å². The van der Waals surface area contributed by atoms with Crippen LogP contribution in [0.5, 0.6) is 0 Å². The number of aliphatic carboxylic acids is 1. The highest BCUT2D eigenvalue weighted by Crippen LogP contribution is 2.29. The fraction of sp³-hybridized carbons (Fsp3) is 0.357. The zero-order valence-corrected chi connectivity index (χ0v) is 12.5. The molecule has 106 valence electrons. The predicted octanol–water partition coefficient (Wildman–Crippen LogP) is 2.54. The third kappa shape index (κ3) is 2.96. The third-order valence-electron chi connectivity index (χ3n) is 3.14. The molecule has 0 unspecified atom stereocenters. The largest absolute Gasteiger partial charge is 0.481 e. The minimum atomic E-state index is -0.968. The molecule has 6 heteroatoms. The molecule has 1 N–H and O–H groups in total. The van der Waals surface area contributed by atoms with Crippen molar-refractivity contribution in [2.45, 2.75) is 25.8 Å². The zero-order chi connectivity index (χ0) is 14.8. The van der Waals surface area contributed by atoms with Crippen molar-refractivity contribution >= 4 is 22.4 Å². The Bertz CT molecular complexity index is 595. The Morgan fingerprint density at radius 3 is 2.85 bits per heavy atom. The summed E-state index contributed by atoms with van der Waals surface area (Å²) >= 11 is 1.45. The van der Waals surface area contributed by atoms with Gasteiger partial charge in [-0.3, -0.25) is 9.78 Å². The minimum Gasteiger partial charge on any atom is -0.481 e. The Balaban J connectivity index is 2.15. The van der Waals surface area contributed by atoms with Crippen molar-refractivity contribution in [3.8, 4) is 0 Å². The molecule has 2 heterocycles. The van der Waals surface area contributed by atoms with Gasteiger partial charge in [-0.1, -0.05) is 6.07 Å². The molecule has 0 aliphatic rings. The fourth-order valence-corrected chi connectivity index (χ4v) is 2.63. The summed E-state index contributed by atoms with van der Waals surface area (Å²) in [6, 6.07) is 3.89. The predicted molar refractivity (Wildman–Crippen MR) is 79.1 cm³/mol. The standard InChI is InChI=1S/C14H17N3O2S/c1-14(2,12(18)19)11-9-20-13(16-11)17(3)8-10-5-4-6-15-7-10/h4-7,9H,8H2,1-3H3,(H,18,19). The Hall–Kier alpha value is -1.95. The number of thiazole rings is 1. The van der Waals surface area contributed by atoms with Crippen LogP contribution in [0.4, 0.5) is 5.13 Å². The molecule has 0 fully saturated rings. The molecule has 0 aromatic carbocycles. The van der Waals surface area contributed by atoms with Gasteiger partial charge in [0.15, 0.2) is 5.13 Å². The van der Waals surface area contributed by atoms with Crippen molar-refractivity contribution in [3.05, 3.63) is 41.2 Å². The number of rotatable bonds is 5. The van der Waals surface area contributed by atoms with Crippen molar-refractivity contribution in [1.82, 2.24) is 9.97 Å². The molecule has 0 atom stereocenters. The number of carbonyl (C=O) groups is 1. The van der Waals surface area contributed by atoms with E-state index in [-0.39, 0.29) is 0 Å². The summed E-state index contributed by atoms with van der Waals surface area (Å²) in [6.45, 7) is 4.01. The maximum absolute atomic E-state index is 11.2. The van der Waals surface area contributed by atoms with Crippen LogP contribution in [0.1, 0.15) is 25.1 Å². The van der Waals surface area contributed by atoms with Crippen LogP contribution < -0.4 is 4.90 Å². The molecule has 2 aromatic heterocycles. The first-order chi connectivity index (χ1) is 9.41. The van der Waals surface area contributed by atoms with Crippen LogP contribution >= 0.6 is 11.3 Å². The van der Waals surface area contributed by atoms with E-state index in [0.29, 0.717) is 12.2 Å². The van der Waals surface area contributed by atoms with E-state index in [1.165, 1.54) is 11.3 Å². The second-order valence-electron chi connectivity index (χ2n) is 5.16. The molecule has 0 radical (unpaired) electrons. The monoisotopic (exact) mass is 291 g/mol. The summed E-state index contributed by atoms with van der Waals surface area (Å²) in [5.41, 5.74) is 0.705. The van der Waals surface area contributed by atoms with Gasteiger partial charge in [-0.2, -0.15) is 0 Å². The van der Waals surface area contributed by atoms with Gasteiger partial charge in [0.2, 0.25) is 0 Å². The van der Waals surface area contributed by atoms with Gasteiger partial charge in [0, 0.05) is 31.4 Å². The van der Waals surface area contributed by atoms with Crippen molar-refractivity contribution in [2.24, 2.45) is 0 Å². The van der Waals surface area contributed by atoms with Crippen molar-refractivity contribution < 1.29 is 9.90 Å². The molecule has 0 spiro atoms. The van der Waals surface area contributed by atoms with Crippen molar-refractivity contribution in [1.29, 1.82) is 0 Å². The summed E-state index contributed by atoms with van der Waals surface area (Å²) in [6.07, 6.45) is 3.55. The molecular weight excluding hydrogens is 274 g/mol. The first kappa shape index (κ1) is 14.5. The maximum Gasteiger partial charge on any atom is 0.315 e.